The lowest BCUT2D eigenvalue weighted by Gasteiger charge is -2.28. The summed E-state index contributed by atoms with van der Waals surface area (Å²) in [5, 5.41) is 0. The lowest BCUT2D eigenvalue weighted by molar-refractivity contribution is -0.129. The van der Waals surface area contributed by atoms with Crippen LogP contribution in [0.3, 0.4) is 0 Å². The van der Waals surface area contributed by atoms with Crippen molar-refractivity contribution in [1.29, 1.82) is 0 Å². The molecule has 2 rings (SSSR count). The number of imide groups is 1. The molecule has 23 heavy (non-hydrogen) atoms. The first kappa shape index (κ1) is 17.3. The maximum absolute atomic E-state index is 12.5. The molecule has 0 aromatic heterocycles. The SMILES string of the molecule is C=CCCCCC(=O)N1C(=O)OC(C)(C)[C@@H]1Cc1ccccc1. The van der Waals surface area contributed by atoms with E-state index in [1.807, 2.05) is 50.3 Å². The number of benzene rings is 1. The van der Waals surface area contributed by atoms with Crippen LogP contribution in [0.15, 0.2) is 43.0 Å². The third-order valence-electron chi connectivity index (χ3n) is 4.25. The highest BCUT2D eigenvalue weighted by Crippen LogP contribution is 2.32. The van der Waals surface area contributed by atoms with Crippen molar-refractivity contribution in [1.82, 2.24) is 4.90 Å². The number of carbonyl (C=O) groups excluding carboxylic acids is 2. The molecule has 1 heterocycles. The first-order valence-corrected chi connectivity index (χ1v) is 8.15. The molecule has 0 bridgehead atoms. The first-order chi connectivity index (χ1) is 11.0. The van der Waals surface area contributed by atoms with Crippen LogP contribution in [0.1, 0.15) is 45.1 Å². The van der Waals surface area contributed by atoms with Gasteiger partial charge in [0.15, 0.2) is 0 Å². The fourth-order valence-electron chi connectivity index (χ4n) is 2.92. The largest absolute Gasteiger partial charge is 0.441 e. The molecular weight excluding hydrogens is 290 g/mol. The van der Waals surface area contributed by atoms with Gasteiger partial charge in [-0.15, -0.1) is 6.58 Å². The molecule has 0 aliphatic carbocycles. The highest BCUT2D eigenvalue weighted by atomic mass is 16.6. The maximum atomic E-state index is 12.5. The van der Waals surface area contributed by atoms with Gasteiger partial charge in [0, 0.05) is 6.42 Å². The summed E-state index contributed by atoms with van der Waals surface area (Å²) in [6, 6.07) is 9.61. The Hall–Kier alpha value is -2.10. The average Bonchev–Trinajstić information content (AvgIpc) is 2.73. The summed E-state index contributed by atoms with van der Waals surface area (Å²) in [5.41, 5.74) is 0.414. The molecule has 1 aliphatic rings. The summed E-state index contributed by atoms with van der Waals surface area (Å²) < 4.78 is 5.44. The molecule has 1 fully saturated rings. The standard InChI is InChI=1S/C19H25NO3/c1-4-5-6-10-13-17(21)20-16(19(2,3)23-18(20)22)14-15-11-8-7-9-12-15/h4,7-9,11-12,16H,1,5-6,10,13-14H2,2-3H3/t16-/m0/s1. The Morgan fingerprint density at radius 3 is 2.65 bits per heavy atom. The fraction of sp³-hybridized carbons (Fsp3) is 0.474. The van der Waals surface area contributed by atoms with Crippen molar-refractivity contribution in [3.63, 3.8) is 0 Å². The lowest BCUT2D eigenvalue weighted by atomic mass is 9.92. The van der Waals surface area contributed by atoms with E-state index in [1.54, 1.807) is 0 Å². The number of carbonyl (C=O) groups is 2. The molecule has 1 atom stereocenters. The van der Waals surface area contributed by atoms with Crippen LogP contribution in [0, 0.1) is 0 Å². The minimum absolute atomic E-state index is 0.148. The number of unbranched alkanes of at least 4 members (excludes halogenated alkanes) is 2. The summed E-state index contributed by atoms with van der Waals surface area (Å²) in [5.74, 6) is -0.148. The predicted molar refractivity (Wildman–Crippen MR) is 90.0 cm³/mol. The van der Waals surface area contributed by atoms with Crippen LogP contribution in [0.25, 0.3) is 0 Å². The van der Waals surface area contributed by atoms with Gasteiger partial charge in [0.25, 0.3) is 0 Å². The van der Waals surface area contributed by atoms with Crippen LogP contribution in [-0.4, -0.2) is 28.5 Å². The van der Waals surface area contributed by atoms with Crippen molar-refractivity contribution in [3.8, 4) is 0 Å². The summed E-state index contributed by atoms with van der Waals surface area (Å²) in [6.45, 7) is 7.40. The van der Waals surface area contributed by atoms with E-state index in [2.05, 4.69) is 6.58 Å². The van der Waals surface area contributed by atoms with Crippen molar-refractivity contribution < 1.29 is 14.3 Å². The number of amides is 2. The van der Waals surface area contributed by atoms with Crippen LogP contribution in [0.4, 0.5) is 4.79 Å². The van der Waals surface area contributed by atoms with Gasteiger partial charge < -0.3 is 4.74 Å². The molecule has 4 heteroatoms. The second kappa shape index (κ2) is 7.44. The molecule has 0 unspecified atom stereocenters. The van der Waals surface area contributed by atoms with E-state index in [-0.39, 0.29) is 11.9 Å². The Bertz CT molecular complexity index is 565. The van der Waals surface area contributed by atoms with Crippen LogP contribution in [-0.2, 0) is 16.0 Å². The predicted octanol–water partition coefficient (Wildman–Crippen LogP) is 4.10. The Balaban J connectivity index is 2.09. The molecule has 1 aliphatic heterocycles. The molecule has 1 aromatic carbocycles. The van der Waals surface area contributed by atoms with Crippen LogP contribution >= 0.6 is 0 Å². The molecular formula is C19H25NO3. The normalized spacial score (nSPS) is 19.5. The summed E-state index contributed by atoms with van der Waals surface area (Å²) in [7, 11) is 0. The van der Waals surface area contributed by atoms with Gasteiger partial charge in [-0.25, -0.2) is 9.69 Å². The molecule has 0 N–H and O–H groups in total. The van der Waals surface area contributed by atoms with E-state index in [9.17, 15) is 9.59 Å². The van der Waals surface area contributed by atoms with Crippen LogP contribution in [0.2, 0.25) is 0 Å². The quantitative estimate of drug-likeness (QED) is 0.562. The zero-order valence-electron chi connectivity index (χ0n) is 14.0. The average molecular weight is 315 g/mol. The number of hydrogen-bond acceptors (Lipinski definition) is 3. The monoisotopic (exact) mass is 315 g/mol. The molecule has 2 amide bonds. The minimum atomic E-state index is -0.677. The lowest BCUT2D eigenvalue weighted by Crippen LogP contribution is -2.46. The number of cyclic esters (lactones) is 1. The number of nitrogens with zero attached hydrogens (tertiary/aromatic N) is 1. The van der Waals surface area contributed by atoms with Crippen molar-refractivity contribution in [2.24, 2.45) is 0 Å². The number of hydrogen-bond donors (Lipinski definition) is 0. The summed E-state index contributed by atoms with van der Waals surface area (Å²) in [4.78, 5) is 26.0. The third-order valence-corrected chi connectivity index (χ3v) is 4.25. The zero-order valence-corrected chi connectivity index (χ0v) is 14.0. The topological polar surface area (TPSA) is 46.6 Å². The van der Waals surface area contributed by atoms with Gasteiger partial charge in [0.2, 0.25) is 5.91 Å². The number of rotatable bonds is 7. The van der Waals surface area contributed by atoms with Gasteiger partial charge in [0.05, 0.1) is 6.04 Å². The molecule has 1 saturated heterocycles. The summed E-state index contributed by atoms with van der Waals surface area (Å²) >= 11 is 0. The Morgan fingerprint density at radius 1 is 1.30 bits per heavy atom. The van der Waals surface area contributed by atoms with Crippen molar-refractivity contribution in [3.05, 3.63) is 48.6 Å². The van der Waals surface area contributed by atoms with Gasteiger partial charge in [-0.3, -0.25) is 4.79 Å². The molecule has 124 valence electrons. The molecule has 0 radical (unpaired) electrons. The van der Waals surface area contributed by atoms with Crippen LogP contribution in [0.5, 0.6) is 0 Å². The van der Waals surface area contributed by atoms with Gasteiger partial charge in [0.1, 0.15) is 5.60 Å². The Kier molecular flexibility index (Phi) is 5.59. The second-order valence-electron chi connectivity index (χ2n) is 6.48. The minimum Gasteiger partial charge on any atom is -0.441 e. The molecule has 1 aromatic rings. The van der Waals surface area contributed by atoms with E-state index in [0.29, 0.717) is 12.8 Å². The maximum Gasteiger partial charge on any atom is 0.417 e. The second-order valence-corrected chi connectivity index (χ2v) is 6.48. The van der Waals surface area contributed by atoms with Crippen molar-refractivity contribution >= 4 is 12.0 Å². The smallest absolute Gasteiger partial charge is 0.417 e. The zero-order chi connectivity index (χ0) is 16.9. The first-order valence-electron chi connectivity index (χ1n) is 8.15. The highest BCUT2D eigenvalue weighted by molar-refractivity contribution is 5.94. The summed E-state index contributed by atoms with van der Waals surface area (Å²) in [6.07, 6.45) is 4.84. The van der Waals surface area contributed by atoms with Gasteiger partial charge in [-0.2, -0.15) is 0 Å². The van der Waals surface area contributed by atoms with E-state index in [0.717, 1.165) is 24.8 Å². The fourth-order valence-corrected chi connectivity index (χ4v) is 2.92. The van der Waals surface area contributed by atoms with E-state index in [4.69, 9.17) is 4.74 Å². The highest BCUT2D eigenvalue weighted by Gasteiger charge is 2.50. The Labute approximate surface area is 138 Å². The van der Waals surface area contributed by atoms with E-state index >= 15 is 0 Å². The van der Waals surface area contributed by atoms with Gasteiger partial charge in [-0.1, -0.05) is 36.4 Å². The van der Waals surface area contributed by atoms with Crippen molar-refractivity contribution in [2.75, 3.05) is 0 Å². The van der Waals surface area contributed by atoms with Gasteiger partial charge >= 0.3 is 6.09 Å². The molecule has 0 spiro atoms. The number of ether oxygens (including phenoxy) is 1. The van der Waals surface area contributed by atoms with Crippen LogP contribution < -0.4 is 0 Å². The van der Waals surface area contributed by atoms with Crippen molar-refractivity contribution in [2.45, 2.75) is 57.6 Å². The molecule has 4 nitrogen and oxygen atoms in total. The van der Waals surface area contributed by atoms with E-state index in [1.165, 1.54) is 4.90 Å². The third kappa shape index (κ3) is 4.21. The molecule has 0 saturated carbocycles. The van der Waals surface area contributed by atoms with E-state index < -0.39 is 11.7 Å². The van der Waals surface area contributed by atoms with Gasteiger partial charge in [-0.05, 0) is 45.1 Å². The number of allylic oxidation sites excluding steroid dienone is 1. The Morgan fingerprint density at radius 2 is 2.00 bits per heavy atom.